The first-order valence-corrected chi connectivity index (χ1v) is 4.98. The highest BCUT2D eigenvalue weighted by Crippen LogP contribution is 2.12. The molecule has 1 rings (SSSR count). The van der Waals surface area contributed by atoms with Gasteiger partial charge in [0.15, 0.2) is 0 Å². The van der Waals surface area contributed by atoms with Gasteiger partial charge >= 0.3 is 5.97 Å². The number of hydrogen-bond acceptors (Lipinski definition) is 4. The highest BCUT2D eigenvalue weighted by atomic mass is 16.5. The topological polar surface area (TPSA) is 65.2 Å². The van der Waals surface area contributed by atoms with Crippen molar-refractivity contribution in [2.24, 2.45) is 5.73 Å². The minimum absolute atomic E-state index is 0.171. The Morgan fingerprint density at radius 3 is 2.93 bits per heavy atom. The average Bonchev–Trinajstić information content (AvgIpc) is 2.18. The Morgan fingerprint density at radius 1 is 1.60 bits per heavy atom. The number of rotatable bonds is 4. The van der Waals surface area contributed by atoms with Gasteiger partial charge in [0.05, 0.1) is 24.8 Å². The van der Waals surface area contributed by atoms with E-state index < -0.39 is 0 Å². The van der Waals surface area contributed by atoms with Crippen LogP contribution in [0.25, 0.3) is 0 Å². The zero-order chi connectivity index (χ0) is 11.3. The summed E-state index contributed by atoms with van der Waals surface area (Å²) in [6.07, 6.45) is 0.171. The third-order valence-corrected chi connectivity index (χ3v) is 1.98. The number of nitrogens with two attached hydrogens (primary N) is 1. The Morgan fingerprint density at radius 2 is 2.33 bits per heavy atom. The van der Waals surface area contributed by atoms with Crippen LogP contribution in [-0.4, -0.2) is 17.6 Å². The molecule has 0 spiro atoms. The maximum atomic E-state index is 11.2. The van der Waals surface area contributed by atoms with E-state index in [9.17, 15) is 4.79 Å². The molecule has 0 aromatic carbocycles. The molecule has 0 amide bonds. The van der Waals surface area contributed by atoms with Crippen molar-refractivity contribution in [2.75, 3.05) is 6.61 Å². The first-order valence-electron chi connectivity index (χ1n) is 4.98. The molecule has 82 valence electrons. The van der Waals surface area contributed by atoms with Gasteiger partial charge in [0.25, 0.3) is 0 Å². The summed E-state index contributed by atoms with van der Waals surface area (Å²) in [6.45, 7) is 4.04. The predicted molar refractivity (Wildman–Crippen MR) is 57.2 cm³/mol. The quantitative estimate of drug-likeness (QED) is 0.758. The van der Waals surface area contributed by atoms with Gasteiger partial charge in [0.1, 0.15) is 0 Å². The summed E-state index contributed by atoms with van der Waals surface area (Å²) >= 11 is 0. The van der Waals surface area contributed by atoms with E-state index in [4.69, 9.17) is 10.5 Å². The van der Waals surface area contributed by atoms with Gasteiger partial charge in [-0.1, -0.05) is 6.07 Å². The predicted octanol–water partition coefficient (Wildman–Crippen LogP) is 1.34. The fourth-order valence-corrected chi connectivity index (χ4v) is 1.27. The number of nitrogens with zero attached hydrogens (tertiary/aromatic N) is 1. The third-order valence-electron chi connectivity index (χ3n) is 1.98. The second-order valence-corrected chi connectivity index (χ2v) is 3.32. The molecule has 0 aliphatic rings. The highest BCUT2D eigenvalue weighted by Gasteiger charge is 2.13. The Labute approximate surface area is 89.5 Å². The largest absolute Gasteiger partial charge is 0.466 e. The molecule has 4 nitrogen and oxygen atoms in total. The van der Waals surface area contributed by atoms with Crippen LogP contribution in [-0.2, 0) is 9.53 Å². The zero-order valence-corrected chi connectivity index (χ0v) is 9.06. The smallest absolute Gasteiger partial charge is 0.307 e. The molecule has 1 heterocycles. The van der Waals surface area contributed by atoms with Crippen LogP contribution in [0.2, 0.25) is 0 Å². The number of carbonyl (C=O) groups excluding carboxylic acids is 1. The van der Waals surface area contributed by atoms with Crippen LogP contribution in [0.1, 0.15) is 30.8 Å². The van der Waals surface area contributed by atoms with Crippen LogP contribution < -0.4 is 5.73 Å². The van der Waals surface area contributed by atoms with Gasteiger partial charge in [-0.3, -0.25) is 9.78 Å². The van der Waals surface area contributed by atoms with Crippen molar-refractivity contribution in [3.05, 3.63) is 29.6 Å². The molecule has 4 heteroatoms. The van der Waals surface area contributed by atoms with E-state index in [0.29, 0.717) is 6.61 Å². The number of hydrogen-bond donors (Lipinski definition) is 1. The molecular formula is C11H16N2O2. The van der Waals surface area contributed by atoms with Crippen molar-refractivity contribution >= 4 is 5.97 Å². The SMILES string of the molecule is CCOC(=O)C[C@H](N)c1cccc(C)n1. The number of aryl methyl sites for hydroxylation is 1. The average molecular weight is 208 g/mol. The Balaban J connectivity index is 2.60. The molecule has 1 aromatic heterocycles. The number of carbonyl (C=O) groups is 1. The maximum absolute atomic E-state index is 11.2. The van der Waals surface area contributed by atoms with E-state index in [1.54, 1.807) is 6.92 Å². The normalized spacial score (nSPS) is 12.2. The first kappa shape index (κ1) is 11.7. The molecule has 0 bridgehead atoms. The Bertz CT molecular complexity index is 339. The fourth-order valence-electron chi connectivity index (χ4n) is 1.27. The van der Waals surface area contributed by atoms with E-state index in [1.165, 1.54) is 0 Å². The van der Waals surface area contributed by atoms with E-state index in [2.05, 4.69) is 4.98 Å². The first-order chi connectivity index (χ1) is 7.13. The fraction of sp³-hybridized carbons (Fsp3) is 0.455. The second-order valence-electron chi connectivity index (χ2n) is 3.32. The van der Waals surface area contributed by atoms with Gasteiger partial charge in [-0.25, -0.2) is 0 Å². The van der Waals surface area contributed by atoms with E-state index >= 15 is 0 Å². The van der Waals surface area contributed by atoms with Crippen LogP contribution >= 0.6 is 0 Å². The zero-order valence-electron chi connectivity index (χ0n) is 9.06. The van der Waals surface area contributed by atoms with Crippen molar-refractivity contribution in [3.63, 3.8) is 0 Å². The lowest BCUT2D eigenvalue weighted by molar-refractivity contribution is -0.143. The van der Waals surface area contributed by atoms with Crippen molar-refractivity contribution in [2.45, 2.75) is 26.3 Å². The van der Waals surface area contributed by atoms with Gasteiger partial charge in [-0.2, -0.15) is 0 Å². The molecule has 2 N–H and O–H groups in total. The molecule has 0 radical (unpaired) electrons. The molecule has 0 aliphatic carbocycles. The standard InChI is InChI=1S/C11H16N2O2/c1-3-15-11(14)7-9(12)10-6-4-5-8(2)13-10/h4-6,9H,3,7,12H2,1-2H3/t9-/m0/s1. The van der Waals surface area contributed by atoms with Crippen LogP contribution in [0.15, 0.2) is 18.2 Å². The molecule has 15 heavy (non-hydrogen) atoms. The molecule has 0 fully saturated rings. The molecule has 0 aliphatic heterocycles. The number of esters is 1. The van der Waals surface area contributed by atoms with Gasteiger partial charge in [-0.15, -0.1) is 0 Å². The monoisotopic (exact) mass is 208 g/mol. The minimum atomic E-state index is -0.385. The molecule has 1 aromatic rings. The molecule has 1 atom stereocenters. The molecular weight excluding hydrogens is 192 g/mol. The van der Waals surface area contributed by atoms with E-state index in [1.807, 2.05) is 25.1 Å². The van der Waals surface area contributed by atoms with E-state index in [0.717, 1.165) is 11.4 Å². The molecule has 0 saturated heterocycles. The number of pyridine rings is 1. The van der Waals surface area contributed by atoms with Crippen LogP contribution in [0, 0.1) is 6.92 Å². The lowest BCUT2D eigenvalue weighted by Gasteiger charge is -2.10. The number of aromatic nitrogens is 1. The van der Waals surface area contributed by atoms with Crippen LogP contribution in [0.3, 0.4) is 0 Å². The lowest BCUT2D eigenvalue weighted by atomic mass is 10.1. The van der Waals surface area contributed by atoms with E-state index in [-0.39, 0.29) is 18.4 Å². The number of ether oxygens (including phenoxy) is 1. The lowest BCUT2D eigenvalue weighted by Crippen LogP contribution is -2.18. The summed E-state index contributed by atoms with van der Waals surface area (Å²) in [5, 5.41) is 0. The Kier molecular flexibility index (Phi) is 4.24. The van der Waals surface area contributed by atoms with Gasteiger partial charge in [0.2, 0.25) is 0 Å². The molecule has 0 unspecified atom stereocenters. The van der Waals surface area contributed by atoms with Crippen molar-refractivity contribution in [3.8, 4) is 0 Å². The second kappa shape index (κ2) is 5.46. The third kappa shape index (κ3) is 3.67. The van der Waals surface area contributed by atoms with Gasteiger partial charge in [0, 0.05) is 5.69 Å². The summed E-state index contributed by atoms with van der Waals surface area (Å²) in [4.78, 5) is 15.4. The van der Waals surface area contributed by atoms with Crippen molar-refractivity contribution < 1.29 is 9.53 Å². The van der Waals surface area contributed by atoms with Crippen LogP contribution in [0.4, 0.5) is 0 Å². The van der Waals surface area contributed by atoms with Gasteiger partial charge in [-0.05, 0) is 26.0 Å². The summed E-state index contributed by atoms with van der Waals surface area (Å²) in [5.74, 6) is -0.284. The maximum Gasteiger partial charge on any atom is 0.307 e. The van der Waals surface area contributed by atoms with Gasteiger partial charge < -0.3 is 10.5 Å². The summed E-state index contributed by atoms with van der Waals surface area (Å²) in [7, 11) is 0. The van der Waals surface area contributed by atoms with Crippen molar-refractivity contribution in [1.29, 1.82) is 0 Å². The molecule has 0 saturated carbocycles. The summed E-state index contributed by atoms with van der Waals surface area (Å²) in [6, 6.07) is 5.20. The van der Waals surface area contributed by atoms with Crippen molar-refractivity contribution in [1.82, 2.24) is 4.98 Å². The highest BCUT2D eigenvalue weighted by molar-refractivity contribution is 5.70. The van der Waals surface area contributed by atoms with Crippen LogP contribution in [0.5, 0.6) is 0 Å². The minimum Gasteiger partial charge on any atom is -0.466 e. The summed E-state index contributed by atoms with van der Waals surface area (Å²) < 4.78 is 4.82. The Hall–Kier alpha value is -1.42. The summed E-state index contributed by atoms with van der Waals surface area (Å²) in [5.41, 5.74) is 7.45.